The molecule has 0 radical (unpaired) electrons. The number of benzene rings is 2. The van der Waals surface area contributed by atoms with Crippen LogP contribution < -0.4 is 11.1 Å². The summed E-state index contributed by atoms with van der Waals surface area (Å²) in [5.41, 5.74) is 13.1. The Kier molecular flexibility index (Phi) is 35.9. The number of rotatable bonds is 20. The van der Waals surface area contributed by atoms with Gasteiger partial charge in [-0.2, -0.15) is 5.10 Å². The highest BCUT2D eigenvalue weighted by atomic mass is 16.5. The van der Waals surface area contributed by atoms with Gasteiger partial charge in [-0.25, -0.2) is 4.68 Å². The minimum absolute atomic E-state index is 0.104. The molecule has 1 aromatic heterocycles. The lowest BCUT2D eigenvalue weighted by molar-refractivity contribution is -0.143. The van der Waals surface area contributed by atoms with Crippen LogP contribution in [0.1, 0.15) is 113 Å². The zero-order valence-corrected chi connectivity index (χ0v) is 36.2. The van der Waals surface area contributed by atoms with Crippen LogP contribution >= 0.6 is 0 Å². The Morgan fingerprint density at radius 2 is 1.54 bits per heavy atom. The van der Waals surface area contributed by atoms with Crippen molar-refractivity contribution in [2.75, 3.05) is 13.2 Å². The number of nitrogens with one attached hydrogen (secondary N) is 2. The second-order valence-electron chi connectivity index (χ2n) is 12.0. The van der Waals surface area contributed by atoms with E-state index in [1.54, 1.807) is 19.3 Å². The molecule has 3 rings (SSSR count). The van der Waals surface area contributed by atoms with Crippen molar-refractivity contribution in [3.8, 4) is 22.5 Å². The summed E-state index contributed by atoms with van der Waals surface area (Å²) in [6.45, 7) is 22.8. The van der Waals surface area contributed by atoms with Crippen LogP contribution in [0.3, 0.4) is 0 Å². The van der Waals surface area contributed by atoms with E-state index >= 15 is 0 Å². The second kappa shape index (κ2) is 38.1. The topological polar surface area (TPSA) is 118 Å². The van der Waals surface area contributed by atoms with Gasteiger partial charge < -0.3 is 21.2 Å². The molecule has 0 amide bonds. The number of carbonyl (C=O) groups is 1. The molecule has 0 atom stereocenters. The fourth-order valence-corrected chi connectivity index (χ4v) is 5.06. The van der Waals surface area contributed by atoms with Crippen molar-refractivity contribution in [1.29, 1.82) is 5.41 Å². The number of esters is 1. The quantitative estimate of drug-likeness (QED) is 0.0264. The molecule has 0 saturated carbocycles. The van der Waals surface area contributed by atoms with Gasteiger partial charge in [-0.1, -0.05) is 156 Å². The van der Waals surface area contributed by atoms with Crippen molar-refractivity contribution in [2.24, 2.45) is 10.7 Å². The van der Waals surface area contributed by atoms with E-state index in [4.69, 9.17) is 21.0 Å². The van der Waals surface area contributed by atoms with Gasteiger partial charge in [0.1, 0.15) is 6.67 Å². The predicted molar refractivity (Wildman–Crippen MR) is 245 cm³/mol. The van der Waals surface area contributed by atoms with Crippen LogP contribution in [0.4, 0.5) is 0 Å². The van der Waals surface area contributed by atoms with Gasteiger partial charge >= 0.3 is 5.97 Å². The summed E-state index contributed by atoms with van der Waals surface area (Å²) < 4.78 is 7.07. The number of aromatic nitrogens is 2. The molecule has 8 nitrogen and oxygen atoms in total. The zero-order valence-electron chi connectivity index (χ0n) is 36.2. The highest BCUT2D eigenvalue weighted by Gasteiger charge is 2.20. The largest absolute Gasteiger partial charge is 0.466 e. The first kappa shape index (κ1) is 52.9. The number of ether oxygens (including phenoxy) is 1. The highest BCUT2D eigenvalue weighted by molar-refractivity contribution is 5.74. The van der Waals surface area contributed by atoms with E-state index in [2.05, 4.69) is 90.6 Å². The molecule has 8 heteroatoms. The molecule has 0 aliphatic heterocycles. The van der Waals surface area contributed by atoms with Crippen LogP contribution in [0.25, 0.3) is 22.5 Å². The molecule has 2 aromatic carbocycles. The molecule has 1 heterocycles. The Hall–Kier alpha value is -5.24. The standard InChI is InChI=1S/C34H42N4O2.C8H15N.C2H5N.2C2H6/c1-4-6-11-18-28(3)25-35-26-36-27-38-34(30-21-14-10-15-22-30)31(33(37-38)29-19-12-9-13-20-29)23-16-7-8-17-24-32(39)40-5-2;1-3-4-5-6-7-8(2)9;1-2-3;2*1-2/h4,6,9-15,18-22,26H,1,5,7-8,16-17,23-25,27H2,2-3H3,(H,35,36);3-4,7H,5-6,9H2,1-2H3;2-3H,1H3;2*1-2H3/b11-6-,28-18+;4-3-,8-7+;;;. The first-order valence-electron chi connectivity index (χ1n) is 20.3. The van der Waals surface area contributed by atoms with E-state index < -0.39 is 0 Å². The molecule has 4 N–H and O–H groups in total. The van der Waals surface area contributed by atoms with Gasteiger partial charge in [0.15, 0.2) is 0 Å². The van der Waals surface area contributed by atoms with Crippen LogP contribution in [0, 0.1) is 5.41 Å². The number of carbonyl (C=O) groups excluding carboxylic acids is 1. The summed E-state index contributed by atoms with van der Waals surface area (Å²) in [4.78, 5) is 16.3. The molecule has 0 aliphatic carbocycles. The molecule has 0 bridgehead atoms. The molecule has 0 spiro atoms. The maximum atomic E-state index is 11.7. The Balaban J connectivity index is 0. The van der Waals surface area contributed by atoms with Gasteiger partial charge in [-0.05, 0) is 72.9 Å². The van der Waals surface area contributed by atoms with Gasteiger partial charge in [-0.3, -0.25) is 9.79 Å². The van der Waals surface area contributed by atoms with Gasteiger partial charge in [0, 0.05) is 35.4 Å². The summed E-state index contributed by atoms with van der Waals surface area (Å²) in [6.07, 6.45) is 24.4. The Bertz CT molecular complexity index is 1560. The van der Waals surface area contributed by atoms with Gasteiger partial charge in [0.2, 0.25) is 0 Å². The first-order valence-corrected chi connectivity index (χ1v) is 20.3. The van der Waals surface area contributed by atoms with Crippen LogP contribution in [-0.2, 0) is 22.6 Å². The van der Waals surface area contributed by atoms with Crippen molar-refractivity contribution < 1.29 is 9.53 Å². The lowest BCUT2D eigenvalue weighted by atomic mass is 9.97. The third-order valence-corrected chi connectivity index (χ3v) is 7.45. The molecule has 0 aliphatic rings. The van der Waals surface area contributed by atoms with Crippen molar-refractivity contribution in [3.05, 3.63) is 127 Å². The van der Waals surface area contributed by atoms with Crippen LogP contribution in [-0.4, -0.2) is 41.5 Å². The summed E-state index contributed by atoms with van der Waals surface area (Å²) in [7, 11) is 0. The molecule has 0 saturated heterocycles. The molecular formula is C48H74N6O2. The number of unbranched alkanes of at least 4 members (excludes halogenated alkanes) is 4. The van der Waals surface area contributed by atoms with Crippen LogP contribution in [0.2, 0.25) is 0 Å². The van der Waals surface area contributed by atoms with Gasteiger partial charge in [-0.15, -0.1) is 0 Å². The van der Waals surface area contributed by atoms with Gasteiger partial charge in [0.25, 0.3) is 0 Å². The zero-order chi connectivity index (χ0) is 42.2. The van der Waals surface area contributed by atoms with Crippen molar-refractivity contribution >= 4 is 18.5 Å². The fraction of sp³-hybridized carbons (Fsp3) is 0.417. The monoisotopic (exact) mass is 767 g/mol. The average molecular weight is 767 g/mol. The highest BCUT2D eigenvalue weighted by Crippen LogP contribution is 2.34. The maximum Gasteiger partial charge on any atom is 0.305 e. The number of hydrogen-bond donors (Lipinski definition) is 3. The normalized spacial score (nSPS) is 10.9. The van der Waals surface area contributed by atoms with E-state index in [0.717, 1.165) is 73.2 Å². The minimum Gasteiger partial charge on any atom is -0.466 e. The summed E-state index contributed by atoms with van der Waals surface area (Å²) in [6, 6.07) is 20.8. The van der Waals surface area contributed by atoms with Crippen LogP contribution in [0.5, 0.6) is 0 Å². The van der Waals surface area contributed by atoms with E-state index in [0.29, 0.717) is 26.2 Å². The number of nitrogens with zero attached hydrogens (tertiary/aromatic N) is 3. The molecule has 0 fully saturated rings. The third kappa shape index (κ3) is 25.7. The Morgan fingerprint density at radius 3 is 2.11 bits per heavy atom. The average Bonchev–Trinajstić information content (AvgIpc) is 3.58. The van der Waals surface area contributed by atoms with E-state index in [9.17, 15) is 4.79 Å². The van der Waals surface area contributed by atoms with E-state index in [1.165, 1.54) is 17.4 Å². The van der Waals surface area contributed by atoms with Crippen molar-refractivity contribution in [3.63, 3.8) is 0 Å². The van der Waals surface area contributed by atoms with Crippen molar-refractivity contribution in [1.82, 2.24) is 15.1 Å². The predicted octanol–water partition coefficient (Wildman–Crippen LogP) is 12.5. The fourth-order valence-electron chi connectivity index (χ4n) is 5.06. The number of hydrogen-bond acceptors (Lipinski definition) is 6. The van der Waals surface area contributed by atoms with Crippen molar-refractivity contribution in [2.45, 2.75) is 120 Å². The lowest BCUT2D eigenvalue weighted by Gasteiger charge is -2.10. The summed E-state index contributed by atoms with van der Waals surface area (Å²) >= 11 is 0. The molecule has 3 aromatic rings. The Morgan fingerprint density at radius 1 is 0.929 bits per heavy atom. The smallest absolute Gasteiger partial charge is 0.305 e. The lowest BCUT2D eigenvalue weighted by Crippen LogP contribution is -2.14. The van der Waals surface area contributed by atoms with Gasteiger partial charge in [0.05, 0.1) is 24.3 Å². The summed E-state index contributed by atoms with van der Waals surface area (Å²) in [5, 5.41) is 14.4. The maximum absolute atomic E-state index is 11.7. The SMILES string of the molecule is C/C=C\CC/C=C(\C)N.C=C/C=C\C=C(/C)CN/C=N/Cn1nc(-c2ccccc2)c(CCCCCCC(=O)OCC)c1-c1ccccc1.CC.CC.CC=N. The van der Waals surface area contributed by atoms with Crippen LogP contribution in [0.15, 0.2) is 126 Å². The molecular weight excluding hydrogens is 693 g/mol. The summed E-state index contributed by atoms with van der Waals surface area (Å²) in [5.74, 6) is -0.104. The van der Waals surface area contributed by atoms with E-state index in [-0.39, 0.29) is 5.97 Å². The van der Waals surface area contributed by atoms with E-state index in [1.807, 2.05) is 83.5 Å². The first-order chi connectivity index (χ1) is 27.3. The Labute approximate surface area is 341 Å². The third-order valence-electron chi connectivity index (χ3n) is 7.45. The molecule has 56 heavy (non-hydrogen) atoms. The number of aliphatic imine (C=N–C) groups is 1. The second-order valence-corrected chi connectivity index (χ2v) is 12.0. The molecule has 308 valence electrons. The number of allylic oxidation sites excluding steroid dienone is 8. The minimum atomic E-state index is -0.104. The molecule has 0 unspecified atom stereocenters. The number of nitrogens with two attached hydrogens (primary N) is 1.